The van der Waals surface area contributed by atoms with Crippen LogP contribution in [0.3, 0.4) is 0 Å². The SMILES string of the molecule is C=C(C)COC(=O)/C=C/C(=O)OCCCCCCCCCCC. The molecule has 0 aromatic rings. The minimum absolute atomic E-state index is 0.163. The van der Waals surface area contributed by atoms with E-state index in [2.05, 4.69) is 13.5 Å². The van der Waals surface area contributed by atoms with Gasteiger partial charge >= 0.3 is 11.9 Å². The maximum Gasteiger partial charge on any atom is 0.331 e. The predicted molar refractivity (Wildman–Crippen MR) is 93.1 cm³/mol. The van der Waals surface area contributed by atoms with Gasteiger partial charge in [-0.25, -0.2) is 9.59 Å². The van der Waals surface area contributed by atoms with E-state index in [4.69, 9.17) is 9.47 Å². The number of carbonyl (C=O) groups is 2. The van der Waals surface area contributed by atoms with Crippen molar-refractivity contribution in [3.8, 4) is 0 Å². The third-order valence-electron chi connectivity index (χ3n) is 3.31. The third-order valence-corrected chi connectivity index (χ3v) is 3.31. The zero-order valence-corrected chi connectivity index (χ0v) is 14.8. The molecule has 0 aliphatic carbocycles. The number of rotatable bonds is 14. The number of ether oxygens (including phenoxy) is 2. The van der Waals surface area contributed by atoms with Crippen LogP contribution in [0.2, 0.25) is 0 Å². The van der Waals surface area contributed by atoms with Gasteiger partial charge in [-0.05, 0) is 18.9 Å². The first kappa shape index (κ1) is 21.4. The molecule has 132 valence electrons. The lowest BCUT2D eigenvalue weighted by Gasteiger charge is -2.03. The molecule has 4 nitrogen and oxygen atoms in total. The molecule has 0 N–H and O–H groups in total. The minimum atomic E-state index is -0.562. The quantitative estimate of drug-likeness (QED) is 0.200. The Morgan fingerprint density at radius 1 is 0.826 bits per heavy atom. The number of carbonyl (C=O) groups excluding carboxylic acids is 2. The second-order valence-electron chi connectivity index (χ2n) is 5.89. The number of esters is 2. The first-order chi connectivity index (χ1) is 11.1. The van der Waals surface area contributed by atoms with Crippen molar-refractivity contribution < 1.29 is 19.1 Å². The van der Waals surface area contributed by atoms with Gasteiger partial charge in [-0.1, -0.05) is 64.9 Å². The summed E-state index contributed by atoms with van der Waals surface area (Å²) in [5, 5.41) is 0. The molecule has 0 aromatic carbocycles. The fraction of sp³-hybridized carbons (Fsp3) is 0.684. The molecule has 0 unspecified atom stereocenters. The lowest BCUT2D eigenvalue weighted by molar-refractivity contribution is -0.140. The molecule has 0 saturated heterocycles. The molecule has 0 aliphatic heterocycles. The molecule has 0 heterocycles. The van der Waals surface area contributed by atoms with E-state index in [9.17, 15) is 9.59 Å². The van der Waals surface area contributed by atoms with E-state index in [-0.39, 0.29) is 6.61 Å². The highest BCUT2D eigenvalue weighted by atomic mass is 16.5. The van der Waals surface area contributed by atoms with E-state index < -0.39 is 11.9 Å². The van der Waals surface area contributed by atoms with Gasteiger partial charge in [0.05, 0.1) is 6.61 Å². The first-order valence-electron chi connectivity index (χ1n) is 8.72. The van der Waals surface area contributed by atoms with Crippen LogP contribution in [-0.2, 0) is 19.1 Å². The van der Waals surface area contributed by atoms with Gasteiger partial charge in [0.15, 0.2) is 0 Å². The predicted octanol–water partition coefficient (Wildman–Crippen LogP) is 4.74. The van der Waals surface area contributed by atoms with Crippen LogP contribution in [0.1, 0.15) is 71.6 Å². The molecular weight excluding hydrogens is 292 g/mol. The molecule has 23 heavy (non-hydrogen) atoms. The summed E-state index contributed by atoms with van der Waals surface area (Å²) in [5.41, 5.74) is 0.750. The maximum atomic E-state index is 11.4. The molecule has 0 fully saturated rings. The van der Waals surface area contributed by atoms with Gasteiger partial charge in [0, 0.05) is 12.2 Å². The van der Waals surface area contributed by atoms with Crippen molar-refractivity contribution in [1.82, 2.24) is 0 Å². The summed E-state index contributed by atoms with van der Waals surface area (Å²) >= 11 is 0. The van der Waals surface area contributed by atoms with Gasteiger partial charge in [-0.15, -0.1) is 0 Å². The van der Waals surface area contributed by atoms with Crippen molar-refractivity contribution in [2.45, 2.75) is 71.6 Å². The van der Waals surface area contributed by atoms with Crippen molar-refractivity contribution in [2.24, 2.45) is 0 Å². The average molecular weight is 324 g/mol. The summed E-state index contributed by atoms with van der Waals surface area (Å²) < 4.78 is 9.85. The van der Waals surface area contributed by atoms with Crippen LogP contribution in [0, 0.1) is 0 Å². The summed E-state index contributed by atoms with van der Waals surface area (Å²) in [6.45, 7) is 8.17. The molecule has 0 amide bonds. The molecule has 0 radical (unpaired) electrons. The van der Waals surface area contributed by atoms with Crippen molar-refractivity contribution in [2.75, 3.05) is 13.2 Å². The van der Waals surface area contributed by atoms with E-state index in [1.54, 1.807) is 6.92 Å². The zero-order valence-electron chi connectivity index (χ0n) is 14.8. The molecule has 0 aromatic heterocycles. The van der Waals surface area contributed by atoms with Crippen LogP contribution >= 0.6 is 0 Å². The summed E-state index contributed by atoms with van der Waals surface area (Å²) in [5.74, 6) is -1.06. The van der Waals surface area contributed by atoms with Crippen molar-refractivity contribution >= 4 is 11.9 Å². The van der Waals surface area contributed by atoms with Crippen LogP contribution in [0.5, 0.6) is 0 Å². The van der Waals surface area contributed by atoms with Crippen molar-refractivity contribution in [3.05, 3.63) is 24.3 Å². The van der Waals surface area contributed by atoms with E-state index in [0.717, 1.165) is 30.6 Å². The molecule has 0 rings (SSSR count). The van der Waals surface area contributed by atoms with Crippen molar-refractivity contribution in [1.29, 1.82) is 0 Å². The Kier molecular flexibility index (Phi) is 14.3. The van der Waals surface area contributed by atoms with Crippen LogP contribution in [0.15, 0.2) is 24.3 Å². The standard InChI is InChI=1S/C19H32O4/c1-4-5-6-7-8-9-10-11-12-15-22-18(20)13-14-19(21)23-16-17(2)3/h13-14H,2,4-12,15-16H2,1,3H3/b14-13+. The monoisotopic (exact) mass is 324 g/mol. The Hall–Kier alpha value is -1.58. The Bertz CT molecular complexity index is 372. The maximum absolute atomic E-state index is 11.4. The summed E-state index contributed by atoms with van der Waals surface area (Å²) in [6.07, 6.45) is 13.2. The van der Waals surface area contributed by atoms with Crippen LogP contribution in [0.4, 0.5) is 0 Å². The van der Waals surface area contributed by atoms with Crippen molar-refractivity contribution in [3.63, 3.8) is 0 Å². The van der Waals surface area contributed by atoms with E-state index in [1.807, 2.05) is 0 Å². The van der Waals surface area contributed by atoms with Crippen LogP contribution in [-0.4, -0.2) is 25.2 Å². The number of unbranched alkanes of at least 4 members (excludes halogenated alkanes) is 8. The third kappa shape index (κ3) is 16.6. The van der Waals surface area contributed by atoms with Gasteiger partial charge in [0.2, 0.25) is 0 Å². The van der Waals surface area contributed by atoms with Gasteiger partial charge in [0.1, 0.15) is 6.61 Å². The Morgan fingerprint density at radius 3 is 1.83 bits per heavy atom. The normalized spacial score (nSPS) is 10.7. The topological polar surface area (TPSA) is 52.6 Å². The molecule has 4 heteroatoms. The van der Waals surface area contributed by atoms with Crippen LogP contribution in [0.25, 0.3) is 0 Å². The van der Waals surface area contributed by atoms with Crippen LogP contribution < -0.4 is 0 Å². The number of hydrogen-bond donors (Lipinski definition) is 0. The Morgan fingerprint density at radius 2 is 1.30 bits per heavy atom. The lowest BCUT2D eigenvalue weighted by atomic mass is 10.1. The molecule has 0 spiro atoms. The second-order valence-corrected chi connectivity index (χ2v) is 5.89. The van der Waals surface area contributed by atoms with E-state index in [0.29, 0.717) is 6.61 Å². The summed E-state index contributed by atoms with van der Waals surface area (Å²) in [7, 11) is 0. The molecule has 0 atom stereocenters. The Balaban J connectivity index is 3.46. The molecule has 0 saturated carbocycles. The van der Waals surface area contributed by atoms with Gasteiger partial charge in [-0.2, -0.15) is 0 Å². The Labute approximate surface area is 140 Å². The first-order valence-corrected chi connectivity index (χ1v) is 8.72. The van der Waals surface area contributed by atoms with E-state index in [1.165, 1.54) is 44.9 Å². The fourth-order valence-corrected chi connectivity index (χ4v) is 2.01. The average Bonchev–Trinajstić information content (AvgIpc) is 2.52. The highest BCUT2D eigenvalue weighted by Gasteiger charge is 2.01. The molecule has 0 bridgehead atoms. The summed E-state index contributed by atoms with van der Waals surface area (Å²) in [4.78, 5) is 22.6. The lowest BCUT2D eigenvalue weighted by Crippen LogP contribution is -2.06. The zero-order chi connectivity index (χ0) is 17.3. The van der Waals surface area contributed by atoms with Gasteiger partial charge in [0.25, 0.3) is 0 Å². The second kappa shape index (κ2) is 15.3. The molecular formula is C19H32O4. The highest BCUT2D eigenvalue weighted by molar-refractivity contribution is 5.91. The smallest absolute Gasteiger partial charge is 0.331 e. The van der Waals surface area contributed by atoms with Gasteiger partial charge < -0.3 is 9.47 Å². The number of hydrogen-bond acceptors (Lipinski definition) is 4. The van der Waals surface area contributed by atoms with Gasteiger partial charge in [-0.3, -0.25) is 0 Å². The minimum Gasteiger partial charge on any atom is -0.463 e. The fourth-order valence-electron chi connectivity index (χ4n) is 2.01. The highest BCUT2D eigenvalue weighted by Crippen LogP contribution is 2.09. The van der Waals surface area contributed by atoms with E-state index >= 15 is 0 Å². The largest absolute Gasteiger partial charge is 0.463 e. The molecule has 0 aliphatic rings. The summed E-state index contributed by atoms with van der Waals surface area (Å²) in [6, 6.07) is 0.